The predicted octanol–water partition coefficient (Wildman–Crippen LogP) is 0.943. The summed E-state index contributed by atoms with van der Waals surface area (Å²) < 4.78 is 4.91. The largest absolute Gasteiger partial charge is 0.481 e. The van der Waals surface area contributed by atoms with Crippen molar-refractivity contribution in [3.8, 4) is 5.88 Å². The van der Waals surface area contributed by atoms with E-state index in [-0.39, 0.29) is 5.91 Å². The SMILES string of the molecule is C=C(CCNC(=O)c1ccc(OC)nc1)NC. The molecule has 5 nitrogen and oxygen atoms in total. The Labute approximate surface area is 101 Å². The number of aromatic nitrogens is 1. The molecule has 0 atom stereocenters. The highest BCUT2D eigenvalue weighted by Gasteiger charge is 2.05. The molecule has 2 N–H and O–H groups in total. The highest BCUT2D eigenvalue weighted by molar-refractivity contribution is 5.93. The first-order chi connectivity index (χ1) is 8.17. The van der Waals surface area contributed by atoms with Crippen molar-refractivity contribution in [3.05, 3.63) is 36.2 Å². The van der Waals surface area contributed by atoms with Gasteiger partial charge in [-0.1, -0.05) is 6.58 Å². The molecule has 0 aliphatic heterocycles. The van der Waals surface area contributed by atoms with Crippen LogP contribution in [0.3, 0.4) is 0 Å². The second kappa shape index (κ2) is 6.52. The third kappa shape index (κ3) is 4.14. The van der Waals surface area contributed by atoms with Crippen molar-refractivity contribution in [2.24, 2.45) is 0 Å². The normalized spacial score (nSPS) is 9.53. The number of carbonyl (C=O) groups excluding carboxylic acids is 1. The average molecular weight is 235 g/mol. The van der Waals surface area contributed by atoms with Crippen LogP contribution < -0.4 is 15.4 Å². The predicted molar refractivity (Wildman–Crippen MR) is 65.9 cm³/mol. The number of hydrogen-bond acceptors (Lipinski definition) is 4. The molecule has 0 aliphatic carbocycles. The van der Waals surface area contributed by atoms with E-state index in [0.717, 1.165) is 5.70 Å². The summed E-state index contributed by atoms with van der Waals surface area (Å²) in [6.45, 7) is 4.32. The lowest BCUT2D eigenvalue weighted by Crippen LogP contribution is -2.25. The van der Waals surface area contributed by atoms with Crippen molar-refractivity contribution < 1.29 is 9.53 Å². The zero-order valence-corrected chi connectivity index (χ0v) is 10.1. The van der Waals surface area contributed by atoms with Gasteiger partial charge >= 0.3 is 0 Å². The number of ether oxygens (including phenoxy) is 1. The monoisotopic (exact) mass is 235 g/mol. The van der Waals surface area contributed by atoms with Gasteiger partial charge in [0.15, 0.2) is 0 Å². The molecule has 0 saturated carbocycles. The Balaban J connectivity index is 2.44. The molecule has 92 valence electrons. The Morgan fingerprint density at radius 3 is 2.82 bits per heavy atom. The van der Waals surface area contributed by atoms with Gasteiger partial charge in [-0.05, 0) is 6.07 Å². The van der Waals surface area contributed by atoms with Crippen molar-refractivity contribution in [2.45, 2.75) is 6.42 Å². The van der Waals surface area contributed by atoms with E-state index in [2.05, 4.69) is 22.2 Å². The van der Waals surface area contributed by atoms with Gasteiger partial charge in [-0.3, -0.25) is 4.79 Å². The third-order valence-electron chi connectivity index (χ3n) is 2.27. The molecule has 1 rings (SSSR count). The summed E-state index contributed by atoms with van der Waals surface area (Å²) in [7, 11) is 3.34. The summed E-state index contributed by atoms with van der Waals surface area (Å²) >= 11 is 0. The Hall–Kier alpha value is -2.04. The van der Waals surface area contributed by atoms with Gasteiger partial charge in [-0.2, -0.15) is 0 Å². The second-order valence-corrected chi connectivity index (χ2v) is 3.45. The van der Waals surface area contributed by atoms with Crippen molar-refractivity contribution in [3.63, 3.8) is 0 Å². The van der Waals surface area contributed by atoms with Gasteiger partial charge in [0.25, 0.3) is 5.91 Å². The molecular weight excluding hydrogens is 218 g/mol. The molecule has 0 unspecified atom stereocenters. The highest BCUT2D eigenvalue weighted by atomic mass is 16.5. The minimum Gasteiger partial charge on any atom is -0.481 e. The standard InChI is InChI=1S/C12H17N3O2/c1-9(13-2)6-7-14-12(16)10-4-5-11(17-3)15-8-10/h4-5,8,13H,1,6-7H2,2-3H3,(H,14,16). The molecule has 1 aromatic heterocycles. The van der Waals surface area contributed by atoms with Crippen LogP contribution in [0, 0.1) is 0 Å². The molecule has 0 bridgehead atoms. The lowest BCUT2D eigenvalue weighted by atomic mass is 10.2. The fourth-order valence-electron chi connectivity index (χ4n) is 1.19. The zero-order valence-electron chi connectivity index (χ0n) is 10.1. The summed E-state index contributed by atoms with van der Waals surface area (Å²) in [6, 6.07) is 3.33. The summed E-state index contributed by atoms with van der Waals surface area (Å²) in [5.74, 6) is 0.342. The minimum absolute atomic E-state index is 0.149. The maximum atomic E-state index is 11.7. The molecule has 5 heteroatoms. The maximum absolute atomic E-state index is 11.7. The van der Waals surface area contributed by atoms with Gasteiger partial charge in [0, 0.05) is 38.0 Å². The first kappa shape index (κ1) is 13.0. The number of amides is 1. The topological polar surface area (TPSA) is 63.2 Å². The Kier molecular flexibility index (Phi) is 5.00. The van der Waals surface area contributed by atoms with E-state index in [0.29, 0.717) is 24.4 Å². The fourth-order valence-corrected chi connectivity index (χ4v) is 1.19. The molecule has 0 spiro atoms. The van der Waals surface area contributed by atoms with Crippen molar-refractivity contribution in [2.75, 3.05) is 20.7 Å². The van der Waals surface area contributed by atoms with Gasteiger partial charge in [-0.15, -0.1) is 0 Å². The molecule has 0 saturated heterocycles. The molecule has 0 aromatic carbocycles. The van der Waals surface area contributed by atoms with Crippen LogP contribution in [0.1, 0.15) is 16.8 Å². The van der Waals surface area contributed by atoms with E-state index in [1.165, 1.54) is 13.3 Å². The lowest BCUT2D eigenvalue weighted by Gasteiger charge is -2.07. The van der Waals surface area contributed by atoms with Crippen molar-refractivity contribution in [1.29, 1.82) is 0 Å². The Bertz CT molecular complexity index is 387. The van der Waals surface area contributed by atoms with E-state index in [1.807, 2.05) is 0 Å². The van der Waals surface area contributed by atoms with Gasteiger partial charge in [0.2, 0.25) is 5.88 Å². The van der Waals surface area contributed by atoms with Crippen LogP contribution in [-0.4, -0.2) is 31.6 Å². The summed E-state index contributed by atoms with van der Waals surface area (Å²) in [6.07, 6.45) is 2.19. The Morgan fingerprint density at radius 1 is 1.53 bits per heavy atom. The summed E-state index contributed by atoms with van der Waals surface area (Å²) in [5.41, 5.74) is 1.40. The number of rotatable bonds is 6. The number of nitrogens with one attached hydrogen (secondary N) is 2. The summed E-state index contributed by atoms with van der Waals surface area (Å²) in [5, 5.41) is 5.70. The van der Waals surface area contributed by atoms with Crippen LogP contribution in [-0.2, 0) is 0 Å². The summed E-state index contributed by atoms with van der Waals surface area (Å²) in [4.78, 5) is 15.6. The van der Waals surface area contributed by atoms with Crippen molar-refractivity contribution in [1.82, 2.24) is 15.6 Å². The van der Waals surface area contributed by atoms with Crippen LogP contribution in [0.2, 0.25) is 0 Å². The van der Waals surface area contributed by atoms with E-state index in [4.69, 9.17) is 4.74 Å². The Morgan fingerprint density at radius 2 is 2.29 bits per heavy atom. The molecule has 1 heterocycles. The van der Waals surface area contributed by atoms with E-state index >= 15 is 0 Å². The second-order valence-electron chi connectivity index (χ2n) is 3.45. The van der Waals surface area contributed by atoms with Gasteiger partial charge in [0.1, 0.15) is 0 Å². The molecule has 0 fully saturated rings. The van der Waals surface area contributed by atoms with Crippen molar-refractivity contribution >= 4 is 5.91 Å². The first-order valence-electron chi connectivity index (χ1n) is 5.31. The quantitative estimate of drug-likeness (QED) is 0.770. The van der Waals surface area contributed by atoms with E-state index in [1.54, 1.807) is 19.2 Å². The number of pyridine rings is 1. The van der Waals surface area contributed by atoms with Gasteiger partial charge in [0.05, 0.1) is 12.7 Å². The van der Waals surface area contributed by atoms with E-state index < -0.39 is 0 Å². The number of methoxy groups -OCH3 is 1. The minimum atomic E-state index is -0.149. The number of carbonyl (C=O) groups is 1. The van der Waals surface area contributed by atoms with Gasteiger partial charge in [-0.25, -0.2) is 4.98 Å². The van der Waals surface area contributed by atoms with Crippen LogP contribution in [0.15, 0.2) is 30.6 Å². The molecule has 0 radical (unpaired) electrons. The van der Waals surface area contributed by atoms with Crippen LogP contribution in [0.25, 0.3) is 0 Å². The van der Waals surface area contributed by atoms with Crippen LogP contribution >= 0.6 is 0 Å². The van der Waals surface area contributed by atoms with E-state index in [9.17, 15) is 4.79 Å². The highest BCUT2D eigenvalue weighted by Crippen LogP contribution is 2.06. The lowest BCUT2D eigenvalue weighted by molar-refractivity contribution is 0.0953. The molecule has 17 heavy (non-hydrogen) atoms. The molecule has 1 aromatic rings. The number of hydrogen-bond donors (Lipinski definition) is 2. The van der Waals surface area contributed by atoms with Crippen LogP contribution in [0.5, 0.6) is 5.88 Å². The maximum Gasteiger partial charge on any atom is 0.252 e. The fraction of sp³-hybridized carbons (Fsp3) is 0.333. The average Bonchev–Trinajstić information content (AvgIpc) is 2.38. The number of nitrogens with zero attached hydrogens (tertiary/aromatic N) is 1. The van der Waals surface area contributed by atoms with Crippen LogP contribution in [0.4, 0.5) is 0 Å². The molecule has 0 aliphatic rings. The first-order valence-corrected chi connectivity index (χ1v) is 5.31. The molecule has 1 amide bonds. The van der Waals surface area contributed by atoms with Gasteiger partial charge < -0.3 is 15.4 Å². The smallest absolute Gasteiger partial charge is 0.252 e. The third-order valence-corrected chi connectivity index (χ3v) is 2.27. The molecular formula is C12H17N3O2. The zero-order chi connectivity index (χ0) is 12.7.